The van der Waals surface area contributed by atoms with Crippen molar-refractivity contribution in [2.75, 3.05) is 0 Å². The molecule has 0 radical (unpaired) electrons. The first-order valence-corrected chi connectivity index (χ1v) is 2.68. The van der Waals surface area contributed by atoms with E-state index in [-0.39, 0.29) is 0 Å². The smallest absolute Gasteiger partial charge is 0.314 e. The van der Waals surface area contributed by atoms with Gasteiger partial charge in [0.2, 0.25) is 9.97 Å². The molecule has 36 valence electrons. The monoisotopic (exact) mass is 112 g/mol. The highest BCUT2D eigenvalue weighted by molar-refractivity contribution is 8.09. The van der Waals surface area contributed by atoms with Crippen molar-refractivity contribution in [2.24, 2.45) is 0 Å². The van der Waals surface area contributed by atoms with E-state index in [0.29, 0.717) is 0 Å². The Bertz CT molecular complexity index is 113. The predicted molar refractivity (Wildman–Crippen MR) is 19.8 cm³/mol. The minimum atomic E-state index is -4.33. The van der Waals surface area contributed by atoms with E-state index in [1.54, 1.807) is 0 Å². The molecule has 0 aliphatic heterocycles. The fourth-order valence-electron chi connectivity index (χ4n) is 0. The Labute approximate surface area is 35.1 Å². The molecule has 0 aliphatic rings. The first-order chi connectivity index (χ1) is 2.56. The molecule has 0 atom stereocenters. The third-order valence-corrected chi connectivity index (χ3v) is 0.414. The minimum Gasteiger partial charge on any atom is -0.314 e. The van der Waals surface area contributed by atoms with Crippen molar-refractivity contribution in [1.29, 1.82) is 0 Å². The van der Waals surface area contributed by atoms with Gasteiger partial charge in [-0.1, -0.05) is 0 Å². The first kappa shape index (κ1) is 5.90. The largest absolute Gasteiger partial charge is 0.502 e. The summed E-state index contributed by atoms with van der Waals surface area (Å²) < 4.78 is 36.4. The standard InChI is InChI=1S/BFH2O3S/c2-1-6(3,4)5/h1H,(H,3,4,5). The maximum atomic E-state index is 10.7. The highest BCUT2D eigenvalue weighted by Gasteiger charge is 2.03. The molecule has 0 saturated heterocycles. The number of hydrogen-bond acceptors (Lipinski definition) is 2. The van der Waals surface area contributed by atoms with E-state index in [2.05, 4.69) is 0 Å². The summed E-state index contributed by atoms with van der Waals surface area (Å²) in [5.41, 5.74) is 0. The van der Waals surface area contributed by atoms with Gasteiger partial charge in [0.05, 0.1) is 0 Å². The first-order valence-electron chi connectivity index (χ1n) is 1.07. The van der Waals surface area contributed by atoms with Crippen molar-refractivity contribution >= 4 is 16.8 Å². The van der Waals surface area contributed by atoms with Gasteiger partial charge in [-0.2, -0.15) is 0 Å². The molecule has 0 bridgehead atoms. The summed E-state index contributed by atoms with van der Waals surface area (Å²) in [4.78, 5) is 0. The summed E-state index contributed by atoms with van der Waals surface area (Å²) in [6.07, 6.45) is 0. The third-order valence-electron chi connectivity index (χ3n) is 0.138. The van der Waals surface area contributed by atoms with Crippen LogP contribution in [0.3, 0.4) is 0 Å². The Morgan fingerprint density at radius 1 is 1.67 bits per heavy atom. The molecule has 0 aromatic carbocycles. The zero-order chi connectivity index (χ0) is 5.21. The van der Waals surface area contributed by atoms with Gasteiger partial charge < -0.3 is 4.32 Å². The molecule has 3 nitrogen and oxygen atoms in total. The molecule has 1 N–H and O–H groups in total. The van der Waals surface area contributed by atoms with Gasteiger partial charge in [0.25, 0.3) is 0 Å². The Kier molecular flexibility index (Phi) is 1.54. The molecule has 0 rings (SSSR count). The molecule has 0 aromatic rings. The van der Waals surface area contributed by atoms with Crippen LogP contribution in [0.25, 0.3) is 0 Å². The molecule has 0 spiro atoms. The fraction of sp³-hybridized carbons (Fsp3) is 0. The zero-order valence-corrected chi connectivity index (χ0v) is 3.57. The van der Waals surface area contributed by atoms with Crippen molar-refractivity contribution in [3.8, 4) is 0 Å². The van der Waals surface area contributed by atoms with Crippen LogP contribution in [0.4, 0.5) is 4.32 Å². The molecule has 0 amide bonds. The maximum absolute atomic E-state index is 10.7. The van der Waals surface area contributed by atoms with Crippen LogP contribution < -0.4 is 0 Å². The summed E-state index contributed by atoms with van der Waals surface area (Å²) in [7, 11) is -4.33. The highest BCUT2D eigenvalue weighted by Crippen LogP contribution is 1.73. The lowest BCUT2D eigenvalue weighted by Gasteiger charge is -1.74. The topological polar surface area (TPSA) is 54.4 Å². The molecular weight excluding hydrogens is 110 g/mol. The lowest BCUT2D eigenvalue weighted by molar-refractivity contribution is 0.497. The minimum absolute atomic E-state index is 1.70. The summed E-state index contributed by atoms with van der Waals surface area (Å²) in [5.74, 6) is 0. The van der Waals surface area contributed by atoms with Gasteiger partial charge in [-0.3, -0.25) is 4.55 Å². The average molecular weight is 112 g/mol. The van der Waals surface area contributed by atoms with E-state index in [1.807, 2.05) is 0 Å². The van der Waals surface area contributed by atoms with E-state index in [4.69, 9.17) is 4.55 Å². The lowest BCUT2D eigenvalue weighted by Crippen LogP contribution is -2.01. The van der Waals surface area contributed by atoms with E-state index < -0.39 is 16.8 Å². The molecule has 0 saturated carbocycles. The molecule has 0 unspecified atom stereocenters. The molecule has 0 aliphatic carbocycles. The van der Waals surface area contributed by atoms with Gasteiger partial charge >= 0.3 is 6.84 Å². The summed E-state index contributed by atoms with van der Waals surface area (Å²) >= 11 is 0. The normalized spacial score (nSPS) is 11.0. The molecule has 6 heavy (non-hydrogen) atoms. The van der Waals surface area contributed by atoms with Crippen molar-refractivity contribution in [3.05, 3.63) is 0 Å². The van der Waals surface area contributed by atoms with Gasteiger partial charge in [0, 0.05) is 0 Å². The highest BCUT2D eigenvalue weighted by atomic mass is 32.2. The van der Waals surface area contributed by atoms with Crippen LogP contribution in [-0.2, 0) is 9.97 Å². The van der Waals surface area contributed by atoms with Crippen LogP contribution in [0.5, 0.6) is 0 Å². The van der Waals surface area contributed by atoms with Crippen LogP contribution in [0.15, 0.2) is 0 Å². The number of halogens is 1. The zero-order valence-electron chi connectivity index (χ0n) is 2.76. The molecule has 6 heteroatoms. The molecular formula is H2BFO3S. The SMILES string of the molecule is O=S(=O)(O)BF. The molecule has 0 fully saturated rings. The summed E-state index contributed by atoms with van der Waals surface area (Å²) in [6.45, 7) is -1.70. The van der Waals surface area contributed by atoms with Crippen LogP contribution in [0.1, 0.15) is 0 Å². The molecule has 0 heterocycles. The van der Waals surface area contributed by atoms with Crippen molar-refractivity contribution < 1.29 is 17.3 Å². The van der Waals surface area contributed by atoms with Crippen molar-refractivity contribution in [2.45, 2.75) is 0 Å². The van der Waals surface area contributed by atoms with Crippen molar-refractivity contribution in [1.82, 2.24) is 0 Å². The quantitative estimate of drug-likeness (QED) is 0.353. The van der Waals surface area contributed by atoms with Gasteiger partial charge in [-0.05, 0) is 0 Å². The second-order valence-electron chi connectivity index (χ2n) is 0.691. The van der Waals surface area contributed by atoms with Crippen LogP contribution in [0, 0.1) is 0 Å². The summed E-state index contributed by atoms with van der Waals surface area (Å²) in [5, 5.41) is 0. The number of hydrogen-bond donors (Lipinski definition) is 1. The van der Waals surface area contributed by atoms with Crippen LogP contribution >= 0.6 is 0 Å². The maximum Gasteiger partial charge on any atom is 0.502 e. The average Bonchev–Trinajstić information content (AvgIpc) is 1.35. The van der Waals surface area contributed by atoms with Crippen molar-refractivity contribution in [3.63, 3.8) is 0 Å². The summed E-state index contributed by atoms with van der Waals surface area (Å²) in [6, 6.07) is 0. The van der Waals surface area contributed by atoms with Gasteiger partial charge in [0.1, 0.15) is 0 Å². The van der Waals surface area contributed by atoms with E-state index >= 15 is 0 Å². The van der Waals surface area contributed by atoms with E-state index in [0.717, 1.165) is 0 Å². The third kappa shape index (κ3) is 3.90. The fourth-order valence-corrected chi connectivity index (χ4v) is 0. The van der Waals surface area contributed by atoms with E-state index in [9.17, 15) is 12.7 Å². The van der Waals surface area contributed by atoms with Crippen LogP contribution in [0.2, 0.25) is 0 Å². The molecule has 0 aromatic heterocycles. The lowest BCUT2D eigenvalue weighted by atomic mass is 10.6. The second-order valence-corrected chi connectivity index (χ2v) is 2.07. The van der Waals surface area contributed by atoms with Gasteiger partial charge in [0.15, 0.2) is 0 Å². The Morgan fingerprint density at radius 3 is 1.83 bits per heavy atom. The Balaban J connectivity index is 3.85. The second kappa shape index (κ2) is 1.57. The Morgan fingerprint density at radius 2 is 1.83 bits per heavy atom. The van der Waals surface area contributed by atoms with Gasteiger partial charge in [-0.25, -0.2) is 8.42 Å². The van der Waals surface area contributed by atoms with Gasteiger partial charge in [-0.15, -0.1) is 0 Å². The van der Waals surface area contributed by atoms with Crippen LogP contribution in [-0.4, -0.2) is 19.8 Å². The Hall–Kier alpha value is -0.0951. The predicted octanol–water partition coefficient (Wildman–Crippen LogP) is -0.890. The number of rotatable bonds is 1. The van der Waals surface area contributed by atoms with E-state index in [1.165, 1.54) is 0 Å².